The molecule has 0 saturated heterocycles. The predicted molar refractivity (Wildman–Crippen MR) is 88.4 cm³/mol. The summed E-state index contributed by atoms with van der Waals surface area (Å²) in [5, 5.41) is 9.75. The lowest BCUT2D eigenvalue weighted by molar-refractivity contribution is 0.256. The van der Waals surface area contributed by atoms with Crippen LogP contribution >= 0.6 is 38.9 Å². The van der Waals surface area contributed by atoms with E-state index in [0.717, 1.165) is 16.9 Å². The minimum Gasteiger partial charge on any atom is -0.395 e. The molecule has 2 rings (SSSR count). The number of rotatable bonds is 6. The highest BCUT2D eigenvalue weighted by Crippen LogP contribution is 2.34. The summed E-state index contributed by atoms with van der Waals surface area (Å²) < 4.78 is 27.7. The summed E-state index contributed by atoms with van der Waals surface area (Å²) in [4.78, 5) is 0. The number of sulfonamides is 1. The lowest BCUT2D eigenvalue weighted by Crippen LogP contribution is -2.38. The van der Waals surface area contributed by atoms with Gasteiger partial charge in [0, 0.05) is 6.04 Å². The number of halogens is 2. The van der Waals surface area contributed by atoms with Crippen LogP contribution in [0.15, 0.2) is 44.4 Å². The lowest BCUT2D eigenvalue weighted by Gasteiger charge is -2.15. The summed E-state index contributed by atoms with van der Waals surface area (Å²) >= 11 is 10.1. The van der Waals surface area contributed by atoms with Crippen LogP contribution < -0.4 is 4.72 Å². The molecule has 0 fully saturated rings. The third-order valence-electron chi connectivity index (χ3n) is 2.75. The molecule has 0 aliphatic heterocycles. The van der Waals surface area contributed by atoms with Crippen LogP contribution in [0, 0.1) is 0 Å². The summed E-state index contributed by atoms with van der Waals surface area (Å²) in [7, 11) is -3.70. The van der Waals surface area contributed by atoms with Gasteiger partial charge in [0.25, 0.3) is 0 Å². The number of nitrogens with one attached hydrogen (secondary N) is 1. The van der Waals surface area contributed by atoms with Crippen LogP contribution in [0.2, 0.25) is 5.02 Å². The van der Waals surface area contributed by atoms with Crippen LogP contribution in [-0.2, 0) is 16.4 Å². The van der Waals surface area contributed by atoms with E-state index >= 15 is 0 Å². The molecule has 0 aliphatic carbocycles. The molecule has 4 nitrogen and oxygen atoms in total. The van der Waals surface area contributed by atoms with Gasteiger partial charge in [0.05, 0.1) is 15.4 Å². The first-order valence-corrected chi connectivity index (χ1v) is 9.51. The van der Waals surface area contributed by atoms with E-state index in [9.17, 15) is 13.5 Å². The van der Waals surface area contributed by atoms with Gasteiger partial charge in [0.2, 0.25) is 10.0 Å². The predicted octanol–water partition coefficient (Wildman–Crippen LogP) is 3.05. The van der Waals surface area contributed by atoms with E-state index in [2.05, 4.69) is 20.7 Å². The Morgan fingerprint density at radius 1 is 1.33 bits per heavy atom. The first-order valence-electron chi connectivity index (χ1n) is 6.04. The fourth-order valence-electron chi connectivity index (χ4n) is 1.78. The zero-order valence-corrected chi connectivity index (χ0v) is 14.8. The van der Waals surface area contributed by atoms with Gasteiger partial charge in [-0.2, -0.15) is 0 Å². The molecule has 114 valence electrons. The lowest BCUT2D eigenvalue weighted by atomic mass is 10.1. The van der Waals surface area contributed by atoms with Crippen molar-refractivity contribution in [2.75, 3.05) is 6.61 Å². The van der Waals surface area contributed by atoms with E-state index in [0.29, 0.717) is 15.2 Å². The Kier molecular flexibility index (Phi) is 5.81. The summed E-state index contributed by atoms with van der Waals surface area (Å²) in [6, 6.07) is 10.2. The quantitative estimate of drug-likeness (QED) is 0.769. The molecule has 8 heteroatoms. The second-order valence-corrected chi connectivity index (χ2v) is 9.10. The Morgan fingerprint density at radius 3 is 2.52 bits per heavy atom. The average Bonchev–Trinajstić information content (AvgIpc) is 2.80. The van der Waals surface area contributed by atoms with Gasteiger partial charge in [-0.15, -0.1) is 11.3 Å². The van der Waals surface area contributed by atoms with E-state index in [1.54, 1.807) is 0 Å². The van der Waals surface area contributed by atoms with Crippen molar-refractivity contribution in [1.29, 1.82) is 0 Å². The van der Waals surface area contributed by atoms with Crippen molar-refractivity contribution < 1.29 is 13.5 Å². The van der Waals surface area contributed by atoms with Gasteiger partial charge in [0.1, 0.15) is 4.21 Å². The van der Waals surface area contributed by atoms with E-state index in [-0.39, 0.29) is 10.8 Å². The van der Waals surface area contributed by atoms with Crippen molar-refractivity contribution in [2.24, 2.45) is 0 Å². The van der Waals surface area contributed by atoms with E-state index in [1.807, 2.05) is 30.3 Å². The molecule has 2 N–H and O–H groups in total. The molecule has 1 unspecified atom stereocenters. The highest BCUT2D eigenvalue weighted by molar-refractivity contribution is 9.11. The standard InChI is InChI=1S/C13H13BrClNO3S2/c14-13-11(15)7-12(20-13)21(18,19)16-10(8-17)6-9-4-2-1-3-5-9/h1-5,7,10,16-17H,6,8H2. The number of aliphatic hydroxyl groups excluding tert-OH is 1. The van der Waals surface area contributed by atoms with E-state index < -0.39 is 16.1 Å². The van der Waals surface area contributed by atoms with Gasteiger partial charge >= 0.3 is 0 Å². The third-order valence-corrected chi connectivity index (χ3v) is 7.22. The zero-order chi connectivity index (χ0) is 15.5. The Labute approximate surface area is 140 Å². The molecule has 0 radical (unpaired) electrons. The molecule has 0 spiro atoms. The molecule has 1 aromatic heterocycles. The third kappa shape index (κ3) is 4.51. The minimum absolute atomic E-state index is 0.117. The molecule has 0 bridgehead atoms. The van der Waals surface area contributed by atoms with Gasteiger partial charge < -0.3 is 5.11 Å². The van der Waals surface area contributed by atoms with Crippen LogP contribution in [0.1, 0.15) is 5.56 Å². The normalized spacial score (nSPS) is 13.3. The second-order valence-electron chi connectivity index (χ2n) is 4.38. The van der Waals surface area contributed by atoms with Crippen molar-refractivity contribution >= 4 is 48.9 Å². The Hall–Kier alpha value is -0.440. The number of thiophene rings is 1. The molecule has 1 atom stereocenters. The van der Waals surface area contributed by atoms with Crippen LogP contribution in [0.3, 0.4) is 0 Å². The van der Waals surface area contributed by atoms with Crippen molar-refractivity contribution in [3.05, 3.63) is 50.8 Å². The maximum absolute atomic E-state index is 12.3. The molecule has 0 amide bonds. The Balaban J connectivity index is 2.14. The first kappa shape index (κ1) is 16.9. The SMILES string of the molecule is O=S(=O)(NC(CO)Cc1ccccc1)c1cc(Cl)c(Br)s1. The van der Waals surface area contributed by atoms with E-state index in [1.165, 1.54) is 6.07 Å². The first-order chi connectivity index (χ1) is 9.92. The molecule has 0 saturated carbocycles. The van der Waals surface area contributed by atoms with Gasteiger partial charge in [0.15, 0.2) is 0 Å². The molecule has 0 aliphatic rings. The molecule has 1 aromatic carbocycles. The largest absolute Gasteiger partial charge is 0.395 e. The Bertz CT molecular complexity index is 684. The summed E-state index contributed by atoms with van der Waals surface area (Å²) in [5.41, 5.74) is 0.949. The van der Waals surface area contributed by atoms with Crippen molar-refractivity contribution in [1.82, 2.24) is 4.72 Å². The second kappa shape index (κ2) is 7.21. The molecule has 1 heterocycles. The van der Waals surface area contributed by atoms with Crippen LogP contribution in [0.25, 0.3) is 0 Å². The van der Waals surface area contributed by atoms with Crippen LogP contribution in [0.5, 0.6) is 0 Å². The number of hydrogen-bond acceptors (Lipinski definition) is 4. The molecular weight excluding hydrogens is 398 g/mol. The number of aliphatic hydroxyl groups is 1. The number of hydrogen-bond donors (Lipinski definition) is 2. The maximum atomic E-state index is 12.3. The number of benzene rings is 1. The summed E-state index contributed by atoms with van der Waals surface area (Å²) in [5.74, 6) is 0. The fourth-order valence-corrected chi connectivity index (χ4v) is 5.42. The van der Waals surface area contributed by atoms with Gasteiger partial charge in [-0.3, -0.25) is 0 Å². The van der Waals surface area contributed by atoms with Crippen molar-refractivity contribution in [2.45, 2.75) is 16.7 Å². The molecule has 21 heavy (non-hydrogen) atoms. The van der Waals surface area contributed by atoms with Gasteiger partial charge in [-0.25, -0.2) is 13.1 Å². The minimum atomic E-state index is -3.70. The fraction of sp³-hybridized carbons (Fsp3) is 0.231. The average molecular weight is 411 g/mol. The van der Waals surface area contributed by atoms with Gasteiger partial charge in [-0.1, -0.05) is 41.9 Å². The van der Waals surface area contributed by atoms with E-state index in [4.69, 9.17) is 11.6 Å². The summed E-state index contributed by atoms with van der Waals surface area (Å²) in [6.45, 7) is -0.283. The Morgan fingerprint density at radius 2 is 2.00 bits per heavy atom. The smallest absolute Gasteiger partial charge is 0.250 e. The van der Waals surface area contributed by atoms with Crippen molar-refractivity contribution in [3.63, 3.8) is 0 Å². The molecular formula is C13H13BrClNO3S2. The molecule has 2 aromatic rings. The van der Waals surface area contributed by atoms with Gasteiger partial charge in [-0.05, 0) is 34.0 Å². The highest BCUT2D eigenvalue weighted by Gasteiger charge is 2.23. The van der Waals surface area contributed by atoms with Crippen LogP contribution in [0.4, 0.5) is 0 Å². The monoisotopic (exact) mass is 409 g/mol. The summed E-state index contributed by atoms with van der Waals surface area (Å²) in [6.07, 6.45) is 0.414. The topological polar surface area (TPSA) is 66.4 Å². The highest BCUT2D eigenvalue weighted by atomic mass is 79.9. The maximum Gasteiger partial charge on any atom is 0.250 e. The zero-order valence-electron chi connectivity index (χ0n) is 10.8. The van der Waals surface area contributed by atoms with Crippen molar-refractivity contribution in [3.8, 4) is 0 Å². The van der Waals surface area contributed by atoms with Crippen LogP contribution in [-0.4, -0.2) is 26.2 Å².